The van der Waals surface area contributed by atoms with E-state index in [1.807, 2.05) is 0 Å². The third kappa shape index (κ3) is 28.8. The van der Waals surface area contributed by atoms with Crippen LogP contribution in [0.3, 0.4) is 0 Å². The van der Waals surface area contributed by atoms with Crippen LogP contribution in [0.2, 0.25) is 0 Å². The van der Waals surface area contributed by atoms with Crippen LogP contribution >= 0.6 is 35.3 Å². The summed E-state index contributed by atoms with van der Waals surface area (Å²) in [6.07, 6.45) is 44.5. The molecule has 0 bridgehead atoms. The van der Waals surface area contributed by atoms with Gasteiger partial charge in [-0.25, -0.2) is 0 Å². The first kappa shape index (κ1) is 65.6. The molecule has 0 aliphatic heterocycles. The lowest BCUT2D eigenvalue weighted by Crippen LogP contribution is -2.28. The number of hydrogen-bond acceptors (Lipinski definition) is 3. The van der Waals surface area contributed by atoms with E-state index in [4.69, 9.17) is 0 Å². The molecule has 0 N–H and O–H groups in total. The van der Waals surface area contributed by atoms with Crippen LogP contribution in [0.15, 0.2) is 0 Å². The summed E-state index contributed by atoms with van der Waals surface area (Å²) >= 11 is 7.05. The zero-order chi connectivity index (χ0) is 53.0. The van der Waals surface area contributed by atoms with Gasteiger partial charge in [0.1, 0.15) is 0 Å². The van der Waals surface area contributed by atoms with Crippen molar-refractivity contribution in [1.29, 1.82) is 0 Å². The van der Waals surface area contributed by atoms with Crippen molar-refractivity contribution in [2.45, 2.75) is 303 Å². The van der Waals surface area contributed by atoms with Gasteiger partial charge in [0.2, 0.25) is 0 Å². The summed E-state index contributed by atoms with van der Waals surface area (Å²) in [5.41, 5.74) is 2.37. The maximum atomic E-state index is 2.49. The summed E-state index contributed by atoms with van der Waals surface area (Å²) in [6, 6.07) is 0. The van der Waals surface area contributed by atoms with E-state index in [2.05, 4.69) is 146 Å². The van der Waals surface area contributed by atoms with Crippen LogP contribution < -0.4 is 0 Å². The van der Waals surface area contributed by atoms with E-state index >= 15 is 0 Å². The minimum absolute atomic E-state index is 0.465. The fraction of sp³-hybridized carbons (Fsp3) is 1.00. The first-order valence-corrected chi connectivity index (χ1v) is 35.9. The van der Waals surface area contributed by atoms with Crippen molar-refractivity contribution in [3.63, 3.8) is 0 Å². The second-order valence-corrected chi connectivity index (χ2v) is 36.3. The Labute approximate surface area is 468 Å². The van der Waals surface area contributed by atoms with Gasteiger partial charge < -0.3 is 0 Å². The quantitative estimate of drug-likeness (QED) is 0.0658. The average molecular weight is 1060 g/mol. The Morgan fingerprint density at radius 3 is 0.778 bits per heavy atom. The smallest absolute Gasteiger partial charge is 0.00648 e. The van der Waals surface area contributed by atoms with Crippen molar-refractivity contribution in [2.24, 2.45) is 98.1 Å². The second kappa shape index (κ2) is 32.3. The van der Waals surface area contributed by atoms with Gasteiger partial charge in [0.05, 0.1) is 0 Å². The third-order valence-corrected chi connectivity index (χ3v) is 23.1. The van der Waals surface area contributed by atoms with E-state index in [0.29, 0.717) is 27.1 Å². The van der Waals surface area contributed by atoms with E-state index in [1.165, 1.54) is 221 Å². The molecule has 4 saturated carbocycles. The minimum atomic E-state index is 0.465. The monoisotopic (exact) mass is 1060 g/mol. The third-order valence-electron chi connectivity index (χ3n) is 19.9. The van der Waals surface area contributed by atoms with Gasteiger partial charge in [0.15, 0.2) is 0 Å². The number of rotatable bonds is 30. The fourth-order valence-electron chi connectivity index (χ4n) is 14.9. The molecule has 0 nitrogen and oxygen atoms in total. The average Bonchev–Trinajstić information content (AvgIpc) is 3.28. The molecule has 0 aromatic heterocycles. The second-order valence-electron chi connectivity index (χ2n) is 32.7. The topological polar surface area (TPSA) is 0 Å². The molecule has 0 amide bonds. The summed E-state index contributed by atoms with van der Waals surface area (Å²) in [7, 11) is 0. The highest BCUT2D eigenvalue weighted by molar-refractivity contribution is 7.99. The van der Waals surface area contributed by atoms with Gasteiger partial charge in [-0.3, -0.25) is 0 Å². The van der Waals surface area contributed by atoms with Crippen LogP contribution in [0.4, 0.5) is 0 Å². The van der Waals surface area contributed by atoms with E-state index < -0.39 is 0 Å². The molecule has 12 unspecified atom stereocenters. The SMILES string of the molecule is CCCC1CC(CCC(C)(C)C)CCC1CCSCCC1CCC(CCSCCC2CCC(CCC(C)(C)C)C(CCSCCC3CCC(CCC(C)(C)C)C(CCC(C)(C)C)C3)C2)C(CCC(C)(C)C)C1. The normalized spacial score (nSPS) is 30.5. The first-order chi connectivity index (χ1) is 33.7. The molecule has 0 saturated heterocycles. The molecule has 426 valence electrons. The van der Waals surface area contributed by atoms with Crippen molar-refractivity contribution in [1.82, 2.24) is 0 Å². The predicted octanol–water partition coefficient (Wildman–Crippen LogP) is 23.6. The molecular weight excluding hydrogens is 925 g/mol. The van der Waals surface area contributed by atoms with Gasteiger partial charge in [-0.15, -0.1) is 0 Å². The molecule has 0 spiro atoms. The molecule has 0 aromatic rings. The number of thioether (sulfide) groups is 3. The van der Waals surface area contributed by atoms with Gasteiger partial charge in [-0.1, -0.05) is 149 Å². The van der Waals surface area contributed by atoms with Crippen LogP contribution in [0.5, 0.6) is 0 Å². The summed E-state index contributed by atoms with van der Waals surface area (Å²) < 4.78 is 0. The molecule has 4 fully saturated rings. The number of hydrogen-bond donors (Lipinski definition) is 0. The summed E-state index contributed by atoms with van der Waals surface area (Å²) in [5, 5.41) is 0. The predicted molar refractivity (Wildman–Crippen MR) is 335 cm³/mol. The molecule has 0 heterocycles. The zero-order valence-electron chi connectivity index (χ0n) is 52.1. The highest BCUT2D eigenvalue weighted by Crippen LogP contribution is 2.47. The van der Waals surface area contributed by atoms with Crippen molar-refractivity contribution in [3.05, 3.63) is 0 Å². The lowest BCUT2D eigenvalue weighted by Gasteiger charge is -2.39. The molecule has 4 aliphatic carbocycles. The Balaban J connectivity index is 1.16. The van der Waals surface area contributed by atoms with Gasteiger partial charge >= 0.3 is 0 Å². The Morgan fingerprint density at radius 2 is 0.472 bits per heavy atom. The van der Waals surface area contributed by atoms with Crippen molar-refractivity contribution in [3.8, 4) is 0 Å². The van der Waals surface area contributed by atoms with Gasteiger partial charge in [0.25, 0.3) is 0 Å². The minimum Gasteiger partial charge on any atom is -0.162 e. The Morgan fingerprint density at radius 1 is 0.250 bits per heavy atom. The summed E-state index contributed by atoms with van der Waals surface area (Å²) in [4.78, 5) is 0. The molecule has 4 rings (SSSR count). The Kier molecular flexibility index (Phi) is 29.5. The molecule has 3 heteroatoms. The molecule has 0 radical (unpaired) electrons. The lowest BCUT2D eigenvalue weighted by atomic mass is 9.67. The molecule has 12 atom stereocenters. The van der Waals surface area contributed by atoms with Crippen molar-refractivity contribution >= 4 is 35.3 Å². The van der Waals surface area contributed by atoms with E-state index in [1.54, 1.807) is 6.42 Å². The maximum absolute atomic E-state index is 2.49. The largest absolute Gasteiger partial charge is 0.162 e. The van der Waals surface area contributed by atoms with Crippen molar-refractivity contribution < 1.29 is 0 Å². The highest BCUT2D eigenvalue weighted by Gasteiger charge is 2.35. The first-order valence-electron chi connectivity index (χ1n) is 32.5. The van der Waals surface area contributed by atoms with E-state index in [0.717, 1.165) is 71.0 Å². The zero-order valence-corrected chi connectivity index (χ0v) is 54.6. The highest BCUT2D eigenvalue weighted by atomic mass is 32.2. The van der Waals surface area contributed by atoms with Gasteiger partial charge in [0, 0.05) is 0 Å². The molecule has 0 aromatic carbocycles. The van der Waals surface area contributed by atoms with E-state index in [9.17, 15) is 0 Å². The van der Waals surface area contributed by atoms with Crippen LogP contribution in [-0.2, 0) is 0 Å². The standard InChI is InChI=1S/C69H132S3/c1-17-18-61-49-53(27-38-65(2,3)4)19-25-59(61)35-46-70-43-32-55-22-26-60(63(51-55)31-42-69(14,15)16)36-47-71-44-34-56-21-24-58(29-40-67(8,9)10)64(52-56)37-48-72-45-33-54-20-23-57(28-39-66(5,6)7)62(50-54)30-41-68(11,12)13/h53-64H,17-52H2,1-16H3. The van der Waals surface area contributed by atoms with Crippen LogP contribution in [0.1, 0.15) is 303 Å². The molecule has 4 aliphatic rings. The fourth-order valence-corrected chi connectivity index (χ4v) is 18.4. The Hall–Kier alpha value is 1.05. The van der Waals surface area contributed by atoms with Crippen LogP contribution in [0, 0.1) is 98.1 Å². The summed E-state index contributed by atoms with van der Waals surface area (Å²) in [6.45, 7) is 39.4. The van der Waals surface area contributed by atoms with Gasteiger partial charge in [-0.2, -0.15) is 35.3 Å². The van der Waals surface area contributed by atoms with Crippen LogP contribution in [0.25, 0.3) is 0 Å². The van der Waals surface area contributed by atoms with Gasteiger partial charge in [-0.05, 0) is 287 Å². The summed E-state index contributed by atoms with van der Waals surface area (Å²) in [5.74, 6) is 20.4. The Bertz CT molecular complexity index is 1380. The molecular formula is C69H132S3. The van der Waals surface area contributed by atoms with E-state index in [-0.39, 0.29) is 0 Å². The van der Waals surface area contributed by atoms with Crippen molar-refractivity contribution in [2.75, 3.05) is 34.5 Å². The maximum Gasteiger partial charge on any atom is -0.00648 e. The van der Waals surface area contributed by atoms with Crippen LogP contribution in [-0.4, -0.2) is 34.5 Å². The lowest BCUT2D eigenvalue weighted by molar-refractivity contribution is 0.131. The molecule has 72 heavy (non-hydrogen) atoms.